The minimum atomic E-state index is 0.470. The molecule has 2 aromatic carbocycles. The number of hydrogen-bond acceptors (Lipinski definition) is 3. The van der Waals surface area contributed by atoms with Gasteiger partial charge in [-0.2, -0.15) is 0 Å². The standard InChI is InChI=1S/C19H24ClN3O2/c1-4-21-19(22-12-14-8-5-6-10-16(14)20)23-13-15-9-7-11-17(24-2)18(15)25-3/h5-11H,4,12-13H2,1-3H3,(H2,21,22,23). The van der Waals surface area contributed by atoms with E-state index < -0.39 is 0 Å². The smallest absolute Gasteiger partial charge is 0.191 e. The van der Waals surface area contributed by atoms with E-state index in [0.717, 1.165) is 22.7 Å². The van der Waals surface area contributed by atoms with Gasteiger partial charge in [0.05, 0.1) is 20.8 Å². The Morgan fingerprint density at radius 2 is 1.76 bits per heavy atom. The third-order valence-electron chi connectivity index (χ3n) is 3.64. The predicted molar refractivity (Wildman–Crippen MR) is 103 cm³/mol. The molecule has 0 radical (unpaired) electrons. The van der Waals surface area contributed by atoms with E-state index >= 15 is 0 Å². The predicted octanol–water partition coefficient (Wildman–Crippen LogP) is 3.61. The van der Waals surface area contributed by atoms with Crippen LogP contribution in [-0.2, 0) is 13.1 Å². The van der Waals surface area contributed by atoms with Gasteiger partial charge in [-0.05, 0) is 24.6 Å². The maximum atomic E-state index is 6.20. The highest BCUT2D eigenvalue weighted by molar-refractivity contribution is 6.31. The average Bonchev–Trinajstić information content (AvgIpc) is 2.64. The fraction of sp³-hybridized carbons (Fsp3) is 0.316. The molecule has 25 heavy (non-hydrogen) atoms. The fourth-order valence-electron chi connectivity index (χ4n) is 2.40. The number of para-hydroxylation sites is 1. The maximum absolute atomic E-state index is 6.20. The Kier molecular flexibility index (Phi) is 7.41. The first kappa shape index (κ1) is 18.9. The van der Waals surface area contributed by atoms with Crippen LogP contribution in [0, 0.1) is 0 Å². The topological polar surface area (TPSA) is 54.9 Å². The van der Waals surface area contributed by atoms with Crippen LogP contribution in [0.5, 0.6) is 11.5 Å². The summed E-state index contributed by atoms with van der Waals surface area (Å²) in [4.78, 5) is 4.63. The second kappa shape index (κ2) is 9.79. The molecule has 0 aromatic heterocycles. The second-order valence-electron chi connectivity index (χ2n) is 5.29. The highest BCUT2D eigenvalue weighted by Crippen LogP contribution is 2.31. The number of nitrogens with one attached hydrogen (secondary N) is 2. The van der Waals surface area contributed by atoms with Crippen LogP contribution in [0.3, 0.4) is 0 Å². The van der Waals surface area contributed by atoms with E-state index in [9.17, 15) is 0 Å². The van der Waals surface area contributed by atoms with Gasteiger partial charge in [0.2, 0.25) is 0 Å². The lowest BCUT2D eigenvalue weighted by atomic mass is 10.2. The molecule has 0 spiro atoms. The summed E-state index contributed by atoms with van der Waals surface area (Å²) >= 11 is 6.20. The van der Waals surface area contributed by atoms with Gasteiger partial charge in [-0.1, -0.05) is 41.9 Å². The number of ether oxygens (including phenoxy) is 2. The van der Waals surface area contributed by atoms with Crippen LogP contribution in [0.2, 0.25) is 5.02 Å². The SMILES string of the molecule is CCNC(=NCc1cccc(OC)c1OC)NCc1ccccc1Cl. The van der Waals surface area contributed by atoms with E-state index in [1.165, 1.54) is 0 Å². The van der Waals surface area contributed by atoms with Crippen molar-refractivity contribution in [2.75, 3.05) is 20.8 Å². The number of halogens is 1. The quantitative estimate of drug-likeness (QED) is 0.584. The minimum Gasteiger partial charge on any atom is -0.493 e. The molecule has 0 atom stereocenters. The number of guanidine groups is 1. The molecular weight excluding hydrogens is 338 g/mol. The van der Waals surface area contributed by atoms with Crippen molar-refractivity contribution in [1.29, 1.82) is 0 Å². The van der Waals surface area contributed by atoms with E-state index in [4.69, 9.17) is 21.1 Å². The van der Waals surface area contributed by atoms with Crippen LogP contribution in [-0.4, -0.2) is 26.7 Å². The number of nitrogens with zero attached hydrogens (tertiary/aromatic N) is 1. The molecule has 2 N–H and O–H groups in total. The Morgan fingerprint density at radius 1 is 1.00 bits per heavy atom. The first-order chi connectivity index (χ1) is 12.2. The van der Waals surface area contributed by atoms with E-state index in [-0.39, 0.29) is 0 Å². The van der Waals surface area contributed by atoms with E-state index in [2.05, 4.69) is 15.6 Å². The molecular formula is C19H24ClN3O2. The van der Waals surface area contributed by atoms with E-state index in [0.29, 0.717) is 30.5 Å². The van der Waals surface area contributed by atoms with Crippen LogP contribution < -0.4 is 20.1 Å². The zero-order valence-corrected chi connectivity index (χ0v) is 15.6. The fourth-order valence-corrected chi connectivity index (χ4v) is 2.61. The average molecular weight is 362 g/mol. The molecule has 0 amide bonds. The third kappa shape index (κ3) is 5.29. The summed E-state index contributed by atoms with van der Waals surface area (Å²) in [6.45, 7) is 3.86. The van der Waals surface area contributed by atoms with E-state index in [1.807, 2.05) is 49.4 Å². The molecule has 2 aromatic rings. The number of methoxy groups -OCH3 is 2. The lowest BCUT2D eigenvalue weighted by molar-refractivity contribution is 0.352. The number of aliphatic imine (C=N–C) groups is 1. The molecule has 0 heterocycles. The van der Waals surface area contributed by atoms with Crippen molar-refractivity contribution in [3.63, 3.8) is 0 Å². The first-order valence-electron chi connectivity index (χ1n) is 8.15. The van der Waals surface area contributed by atoms with Crippen LogP contribution in [0.25, 0.3) is 0 Å². The molecule has 0 saturated heterocycles. The van der Waals surface area contributed by atoms with Crippen LogP contribution in [0.4, 0.5) is 0 Å². The molecule has 5 nitrogen and oxygen atoms in total. The largest absolute Gasteiger partial charge is 0.493 e. The molecule has 0 unspecified atom stereocenters. The lowest BCUT2D eigenvalue weighted by Crippen LogP contribution is -2.36. The van der Waals surface area contributed by atoms with Crippen molar-refractivity contribution in [2.45, 2.75) is 20.0 Å². The minimum absolute atomic E-state index is 0.470. The van der Waals surface area contributed by atoms with E-state index in [1.54, 1.807) is 14.2 Å². The van der Waals surface area contributed by atoms with Crippen LogP contribution >= 0.6 is 11.6 Å². The molecule has 2 rings (SSSR count). The van der Waals surface area contributed by atoms with Gasteiger partial charge in [0.25, 0.3) is 0 Å². The van der Waals surface area contributed by atoms with Crippen molar-refractivity contribution >= 4 is 17.6 Å². The molecule has 0 saturated carbocycles. The van der Waals surface area contributed by atoms with Crippen molar-refractivity contribution in [3.05, 3.63) is 58.6 Å². The van der Waals surface area contributed by atoms with Crippen LogP contribution in [0.15, 0.2) is 47.5 Å². The molecule has 134 valence electrons. The van der Waals surface area contributed by atoms with Gasteiger partial charge in [-0.15, -0.1) is 0 Å². The molecule has 6 heteroatoms. The van der Waals surface area contributed by atoms with Crippen molar-refractivity contribution in [3.8, 4) is 11.5 Å². The molecule has 0 aliphatic rings. The van der Waals surface area contributed by atoms with Crippen LogP contribution in [0.1, 0.15) is 18.1 Å². The summed E-state index contributed by atoms with van der Waals surface area (Å²) in [5.74, 6) is 2.12. The Bertz CT molecular complexity index is 720. The number of benzene rings is 2. The van der Waals surface area contributed by atoms with Gasteiger partial charge in [0.15, 0.2) is 17.5 Å². The zero-order valence-electron chi connectivity index (χ0n) is 14.8. The highest BCUT2D eigenvalue weighted by Gasteiger charge is 2.09. The Morgan fingerprint density at radius 3 is 2.44 bits per heavy atom. The normalized spacial score (nSPS) is 11.1. The molecule has 0 bridgehead atoms. The van der Waals surface area contributed by atoms with Crippen molar-refractivity contribution < 1.29 is 9.47 Å². The van der Waals surface area contributed by atoms with Gasteiger partial charge in [0.1, 0.15) is 0 Å². The summed E-state index contributed by atoms with van der Waals surface area (Å²) in [7, 11) is 3.26. The van der Waals surface area contributed by atoms with Crippen molar-refractivity contribution in [1.82, 2.24) is 10.6 Å². The monoisotopic (exact) mass is 361 g/mol. The summed E-state index contributed by atoms with van der Waals surface area (Å²) < 4.78 is 10.8. The Hall–Kier alpha value is -2.40. The maximum Gasteiger partial charge on any atom is 0.191 e. The molecule has 0 fully saturated rings. The summed E-state index contributed by atoms with van der Waals surface area (Å²) in [6, 6.07) is 13.5. The highest BCUT2D eigenvalue weighted by atomic mass is 35.5. The zero-order chi connectivity index (χ0) is 18.1. The first-order valence-corrected chi connectivity index (χ1v) is 8.52. The van der Waals surface area contributed by atoms with Gasteiger partial charge < -0.3 is 20.1 Å². The third-order valence-corrected chi connectivity index (χ3v) is 4.01. The van der Waals surface area contributed by atoms with Crippen molar-refractivity contribution in [2.24, 2.45) is 4.99 Å². The van der Waals surface area contributed by atoms with Gasteiger partial charge in [-0.3, -0.25) is 0 Å². The summed E-state index contributed by atoms with van der Waals surface area (Å²) in [6.07, 6.45) is 0. The van der Waals surface area contributed by atoms with Gasteiger partial charge in [-0.25, -0.2) is 4.99 Å². The molecule has 0 aliphatic carbocycles. The van der Waals surface area contributed by atoms with Gasteiger partial charge in [0, 0.05) is 23.7 Å². The second-order valence-corrected chi connectivity index (χ2v) is 5.70. The number of hydrogen-bond donors (Lipinski definition) is 2. The summed E-state index contributed by atoms with van der Waals surface area (Å²) in [5.41, 5.74) is 1.98. The Labute approximate surface area is 154 Å². The molecule has 0 aliphatic heterocycles. The van der Waals surface area contributed by atoms with Gasteiger partial charge >= 0.3 is 0 Å². The number of rotatable bonds is 7. The Balaban J connectivity index is 2.11. The summed E-state index contributed by atoms with van der Waals surface area (Å²) in [5, 5.41) is 7.27. The lowest BCUT2D eigenvalue weighted by Gasteiger charge is -2.14.